The average molecular weight is 333 g/mol. The van der Waals surface area contributed by atoms with E-state index in [2.05, 4.69) is 29.1 Å². The van der Waals surface area contributed by atoms with E-state index in [1.165, 1.54) is 21.4 Å². The van der Waals surface area contributed by atoms with Crippen LogP contribution < -0.4 is 10.1 Å². The van der Waals surface area contributed by atoms with Crippen LogP contribution in [0.1, 0.15) is 18.1 Å². The number of hydrogen-bond donors (Lipinski definition) is 0. The highest BCUT2D eigenvalue weighted by Gasteiger charge is 2.11. The van der Waals surface area contributed by atoms with Gasteiger partial charge in [0, 0.05) is 5.56 Å². The molecule has 4 rings (SSSR count). The third kappa shape index (κ3) is 2.63. The molecule has 0 N–H and O–H groups in total. The minimum Gasteiger partial charge on any atom is -0.266 e. The van der Waals surface area contributed by atoms with Crippen molar-refractivity contribution in [1.82, 2.24) is 14.6 Å². The molecule has 0 aliphatic carbocycles. The van der Waals surface area contributed by atoms with Crippen LogP contribution in [0.15, 0.2) is 59.4 Å². The van der Waals surface area contributed by atoms with Gasteiger partial charge in [0.2, 0.25) is 4.96 Å². The van der Waals surface area contributed by atoms with E-state index in [4.69, 9.17) is 0 Å². The van der Waals surface area contributed by atoms with Crippen molar-refractivity contribution < 1.29 is 0 Å². The van der Waals surface area contributed by atoms with Crippen molar-refractivity contribution in [1.29, 1.82) is 0 Å². The second-order valence-electron chi connectivity index (χ2n) is 5.51. The first kappa shape index (κ1) is 14.8. The maximum atomic E-state index is 12.5. The zero-order valence-corrected chi connectivity index (χ0v) is 14.0. The fourth-order valence-electron chi connectivity index (χ4n) is 2.54. The fourth-order valence-corrected chi connectivity index (χ4v) is 3.45. The summed E-state index contributed by atoms with van der Waals surface area (Å²) in [4.78, 5) is 17.6. The normalized spacial score (nSPS) is 12.1. The first-order chi connectivity index (χ1) is 11.7. The van der Waals surface area contributed by atoms with Crippen LogP contribution in [0.4, 0.5) is 0 Å². The molecule has 24 heavy (non-hydrogen) atoms. The lowest BCUT2D eigenvalue weighted by Crippen LogP contribution is -2.23. The van der Waals surface area contributed by atoms with Gasteiger partial charge in [-0.25, -0.2) is 0 Å². The smallest absolute Gasteiger partial charge is 0.266 e. The molecule has 0 fully saturated rings. The molecule has 0 saturated heterocycles. The van der Waals surface area contributed by atoms with E-state index in [9.17, 15) is 4.79 Å². The Morgan fingerprint density at radius 1 is 1.08 bits per heavy atom. The lowest BCUT2D eigenvalue weighted by molar-refractivity contribution is 0.937. The molecule has 0 saturated carbocycles. The predicted molar refractivity (Wildman–Crippen MR) is 97.2 cm³/mol. The van der Waals surface area contributed by atoms with E-state index in [-0.39, 0.29) is 5.56 Å². The molecule has 0 radical (unpaired) electrons. The molecule has 0 unspecified atom stereocenters. The van der Waals surface area contributed by atoms with Crippen molar-refractivity contribution in [2.24, 2.45) is 0 Å². The van der Waals surface area contributed by atoms with Crippen molar-refractivity contribution in [3.63, 3.8) is 0 Å². The third-order valence-corrected chi connectivity index (χ3v) is 4.86. The van der Waals surface area contributed by atoms with Gasteiger partial charge < -0.3 is 0 Å². The first-order valence-corrected chi connectivity index (χ1v) is 8.62. The Morgan fingerprint density at radius 3 is 2.50 bits per heavy atom. The van der Waals surface area contributed by atoms with Gasteiger partial charge >= 0.3 is 0 Å². The lowest BCUT2D eigenvalue weighted by atomic mass is 10.1. The number of benzene rings is 2. The highest BCUT2D eigenvalue weighted by atomic mass is 32.1. The molecule has 0 spiro atoms. The van der Waals surface area contributed by atoms with Crippen molar-refractivity contribution in [2.75, 3.05) is 0 Å². The van der Waals surface area contributed by atoms with Crippen molar-refractivity contribution in [2.45, 2.75) is 13.3 Å². The van der Waals surface area contributed by atoms with E-state index >= 15 is 0 Å². The number of hydrogen-bond acceptors (Lipinski definition) is 4. The molecular weight excluding hydrogens is 318 g/mol. The van der Waals surface area contributed by atoms with E-state index in [1.807, 2.05) is 48.5 Å². The van der Waals surface area contributed by atoms with Gasteiger partial charge in [0.1, 0.15) is 0 Å². The summed E-state index contributed by atoms with van der Waals surface area (Å²) in [6, 6.07) is 17.9. The van der Waals surface area contributed by atoms with Gasteiger partial charge in [-0.1, -0.05) is 72.9 Å². The number of rotatable bonds is 3. The summed E-state index contributed by atoms with van der Waals surface area (Å²) in [5.41, 5.74) is 3.08. The van der Waals surface area contributed by atoms with Crippen LogP contribution in [0.3, 0.4) is 0 Å². The van der Waals surface area contributed by atoms with Crippen molar-refractivity contribution >= 4 is 22.4 Å². The quantitative estimate of drug-likeness (QED) is 0.579. The van der Waals surface area contributed by atoms with Crippen molar-refractivity contribution in [3.8, 4) is 11.4 Å². The van der Waals surface area contributed by atoms with Gasteiger partial charge in [0.25, 0.3) is 5.56 Å². The molecule has 4 nitrogen and oxygen atoms in total. The molecule has 2 aromatic heterocycles. The summed E-state index contributed by atoms with van der Waals surface area (Å²) in [7, 11) is 0. The first-order valence-electron chi connectivity index (χ1n) is 7.80. The second-order valence-corrected chi connectivity index (χ2v) is 6.52. The minimum atomic E-state index is -0.121. The van der Waals surface area contributed by atoms with Gasteiger partial charge in [-0.15, -0.1) is 5.10 Å². The van der Waals surface area contributed by atoms with Gasteiger partial charge in [-0.3, -0.25) is 4.79 Å². The van der Waals surface area contributed by atoms with Crippen molar-refractivity contribution in [3.05, 3.63) is 80.6 Å². The number of nitrogens with zero attached hydrogens (tertiary/aromatic N) is 3. The van der Waals surface area contributed by atoms with E-state index in [0.29, 0.717) is 15.3 Å². The molecule has 118 valence electrons. The molecule has 2 aromatic carbocycles. The molecule has 5 heteroatoms. The van der Waals surface area contributed by atoms with Crippen LogP contribution in [0, 0.1) is 0 Å². The van der Waals surface area contributed by atoms with E-state index in [1.54, 1.807) is 0 Å². The maximum absolute atomic E-state index is 12.5. The standard InChI is InChI=1S/C19H15N3OS/c1-2-13-8-10-14(11-9-13)12-16-18(23)22-19(24-16)20-17(21-22)15-6-4-3-5-7-15/h3-12H,2H2,1H3. The second kappa shape index (κ2) is 6.02. The Labute approximate surface area is 142 Å². The van der Waals surface area contributed by atoms with Crippen LogP contribution in [0.25, 0.3) is 22.4 Å². The summed E-state index contributed by atoms with van der Waals surface area (Å²) in [5.74, 6) is 0.581. The monoisotopic (exact) mass is 333 g/mol. The molecule has 0 amide bonds. The molecular formula is C19H15N3OS. The van der Waals surface area contributed by atoms with Gasteiger partial charge in [-0.2, -0.15) is 9.50 Å². The fraction of sp³-hybridized carbons (Fsp3) is 0.105. The highest BCUT2D eigenvalue weighted by molar-refractivity contribution is 7.15. The summed E-state index contributed by atoms with van der Waals surface area (Å²) >= 11 is 1.37. The molecule has 0 aliphatic rings. The van der Waals surface area contributed by atoms with E-state index in [0.717, 1.165) is 17.5 Å². The topological polar surface area (TPSA) is 47.3 Å². The largest absolute Gasteiger partial charge is 0.291 e. The molecule has 0 atom stereocenters. The Bertz CT molecular complexity index is 1100. The zero-order chi connectivity index (χ0) is 16.5. The van der Waals surface area contributed by atoms with Crippen LogP contribution in [0.5, 0.6) is 0 Å². The molecule has 0 bridgehead atoms. The molecule has 0 aliphatic heterocycles. The number of aryl methyl sites for hydroxylation is 1. The lowest BCUT2D eigenvalue weighted by Gasteiger charge is -1.96. The van der Waals surface area contributed by atoms with Crippen LogP contribution in [-0.2, 0) is 6.42 Å². The van der Waals surface area contributed by atoms with E-state index < -0.39 is 0 Å². The Hall–Kier alpha value is -2.79. The van der Waals surface area contributed by atoms with Gasteiger partial charge in [0.05, 0.1) is 4.53 Å². The number of fused-ring (bicyclic) bond motifs is 1. The SMILES string of the molecule is CCc1ccc(C=c2sc3nc(-c4ccccc4)nn3c2=O)cc1. The van der Waals surface area contributed by atoms with Crippen LogP contribution in [0.2, 0.25) is 0 Å². The molecule has 2 heterocycles. The van der Waals surface area contributed by atoms with Crippen LogP contribution >= 0.6 is 11.3 Å². The Kier molecular flexibility index (Phi) is 3.70. The summed E-state index contributed by atoms with van der Waals surface area (Å²) in [6.07, 6.45) is 2.90. The number of thiazole rings is 1. The Morgan fingerprint density at radius 2 is 1.83 bits per heavy atom. The predicted octanol–water partition coefficient (Wildman–Crippen LogP) is 2.93. The third-order valence-electron chi connectivity index (χ3n) is 3.90. The van der Waals surface area contributed by atoms with Gasteiger partial charge in [-0.05, 0) is 23.6 Å². The number of aromatic nitrogens is 3. The average Bonchev–Trinajstić information content (AvgIpc) is 3.17. The zero-order valence-electron chi connectivity index (χ0n) is 13.1. The van der Waals surface area contributed by atoms with Gasteiger partial charge in [0.15, 0.2) is 5.82 Å². The summed E-state index contributed by atoms with van der Waals surface area (Å²) in [6.45, 7) is 2.12. The summed E-state index contributed by atoms with van der Waals surface area (Å²) in [5, 5.41) is 4.36. The van der Waals surface area contributed by atoms with Crippen LogP contribution in [-0.4, -0.2) is 14.6 Å². The maximum Gasteiger partial charge on any atom is 0.291 e. The molecule has 4 aromatic rings. The summed E-state index contributed by atoms with van der Waals surface area (Å²) < 4.78 is 2.04. The minimum absolute atomic E-state index is 0.121. The highest BCUT2D eigenvalue weighted by Crippen LogP contribution is 2.15. The Balaban J connectivity index is 1.78.